The minimum absolute atomic E-state index is 0.233. The number of ether oxygens (including phenoxy) is 2. The third-order valence-corrected chi connectivity index (χ3v) is 4.39. The highest BCUT2D eigenvalue weighted by atomic mass is 16.5. The monoisotopic (exact) mass is 389 g/mol. The van der Waals surface area contributed by atoms with E-state index in [2.05, 4.69) is 0 Å². The molecule has 0 radical (unpaired) electrons. The number of amides is 1. The van der Waals surface area contributed by atoms with Gasteiger partial charge in [-0.25, -0.2) is 4.79 Å². The standard InChI is InChI=1S/C24H23NO4/c1-25(16-19-10-4-2-5-11-19)23(26)18-29-24(27)22-15-9-8-12-20(22)17-28-21-13-6-3-7-14-21/h2-15H,16-18H2,1H3. The molecule has 0 aliphatic carbocycles. The molecule has 0 bridgehead atoms. The van der Waals surface area contributed by atoms with Crippen LogP contribution in [0.4, 0.5) is 0 Å². The van der Waals surface area contributed by atoms with Crippen LogP contribution in [0.15, 0.2) is 84.9 Å². The first-order valence-corrected chi connectivity index (χ1v) is 9.34. The van der Waals surface area contributed by atoms with Gasteiger partial charge in [0, 0.05) is 19.2 Å². The Morgan fingerprint density at radius 1 is 0.828 bits per heavy atom. The fourth-order valence-electron chi connectivity index (χ4n) is 2.78. The molecule has 5 nitrogen and oxygen atoms in total. The van der Waals surface area contributed by atoms with Gasteiger partial charge in [0.05, 0.1) is 5.56 Å². The van der Waals surface area contributed by atoms with Crippen LogP contribution in [0.2, 0.25) is 0 Å². The fraction of sp³-hybridized carbons (Fsp3) is 0.167. The SMILES string of the molecule is CN(Cc1ccccc1)C(=O)COC(=O)c1ccccc1COc1ccccc1. The summed E-state index contributed by atoms with van der Waals surface area (Å²) in [7, 11) is 1.69. The van der Waals surface area contributed by atoms with Crippen LogP contribution in [-0.2, 0) is 22.7 Å². The van der Waals surface area contributed by atoms with Crippen molar-refractivity contribution in [1.82, 2.24) is 4.90 Å². The summed E-state index contributed by atoms with van der Waals surface area (Å²) in [4.78, 5) is 26.4. The Bertz CT molecular complexity index is 941. The molecular weight excluding hydrogens is 366 g/mol. The second kappa shape index (κ2) is 10.1. The highest BCUT2D eigenvalue weighted by Gasteiger charge is 2.16. The Morgan fingerprint density at radius 3 is 2.17 bits per heavy atom. The summed E-state index contributed by atoms with van der Waals surface area (Å²) in [5.74, 6) is -0.0904. The summed E-state index contributed by atoms with van der Waals surface area (Å²) < 4.78 is 11.0. The van der Waals surface area contributed by atoms with Crippen molar-refractivity contribution in [3.8, 4) is 5.75 Å². The highest BCUT2D eigenvalue weighted by molar-refractivity contribution is 5.92. The smallest absolute Gasteiger partial charge is 0.339 e. The molecule has 0 aromatic heterocycles. The van der Waals surface area contributed by atoms with E-state index in [9.17, 15) is 9.59 Å². The summed E-state index contributed by atoms with van der Waals surface area (Å²) in [6.45, 7) is 0.381. The average Bonchev–Trinajstić information content (AvgIpc) is 2.77. The summed E-state index contributed by atoms with van der Waals surface area (Å²) >= 11 is 0. The second-order valence-electron chi connectivity index (χ2n) is 6.57. The molecule has 5 heteroatoms. The van der Waals surface area contributed by atoms with Crippen LogP contribution in [-0.4, -0.2) is 30.4 Å². The maximum absolute atomic E-state index is 12.5. The third-order valence-electron chi connectivity index (χ3n) is 4.39. The van der Waals surface area contributed by atoms with Gasteiger partial charge >= 0.3 is 5.97 Å². The Hall–Kier alpha value is -3.60. The van der Waals surface area contributed by atoms with Gasteiger partial charge in [-0.2, -0.15) is 0 Å². The summed E-state index contributed by atoms with van der Waals surface area (Å²) in [5.41, 5.74) is 2.10. The lowest BCUT2D eigenvalue weighted by atomic mass is 10.1. The van der Waals surface area contributed by atoms with Crippen LogP contribution in [0.5, 0.6) is 5.75 Å². The average molecular weight is 389 g/mol. The van der Waals surface area contributed by atoms with Crippen molar-refractivity contribution in [1.29, 1.82) is 0 Å². The molecule has 148 valence electrons. The van der Waals surface area contributed by atoms with Gasteiger partial charge in [-0.15, -0.1) is 0 Å². The lowest BCUT2D eigenvalue weighted by molar-refractivity contribution is -0.133. The van der Waals surface area contributed by atoms with E-state index in [4.69, 9.17) is 9.47 Å². The molecule has 0 fully saturated rings. The molecule has 0 N–H and O–H groups in total. The van der Waals surface area contributed by atoms with Crippen molar-refractivity contribution in [2.75, 3.05) is 13.7 Å². The predicted octanol–water partition coefficient (Wildman–Crippen LogP) is 4.08. The molecule has 0 unspecified atom stereocenters. The van der Waals surface area contributed by atoms with Crippen LogP contribution < -0.4 is 4.74 Å². The van der Waals surface area contributed by atoms with E-state index in [0.717, 1.165) is 5.56 Å². The lowest BCUT2D eigenvalue weighted by Gasteiger charge is -2.17. The Labute approximate surface area is 170 Å². The number of rotatable bonds is 8. The zero-order valence-corrected chi connectivity index (χ0v) is 16.3. The minimum Gasteiger partial charge on any atom is -0.489 e. The van der Waals surface area contributed by atoms with E-state index in [1.807, 2.05) is 72.8 Å². The van der Waals surface area contributed by atoms with Gasteiger partial charge in [0.15, 0.2) is 6.61 Å². The van der Waals surface area contributed by atoms with Gasteiger partial charge in [0.2, 0.25) is 0 Å². The maximum Gasteiger partial charge on any atom is 0.339 e. The summed E-state index contributed by atoms with van der Waals surface area (Å²) in [6, 6.07) is 26.1. The zero-order valence-electron chi connectivity index (χ0n) is 16.3. The zero-order chi connectivity index (χ0) is 20.5. The molecule has 29 heavy (non-hydrogen) atoms. The molecule has 0 saturated heterocycles. The molecule has 0 aliphatic heterocycles. The van der Waals surface area contributed by atoms with E-state index < -0.39 is 5.97 Å². The first-order valence-electron chi connectivity index (χ1n) is 9.34. The van der Waals surface area contributed by atoms with Crippen molar-refractivity contribution >= 4 is 11.9 Å². The van der Waals surface area contributed by atoms with Crippen molar-refractivity contribution in [3.63, 3.8) is 0 Å². The molecule has 0 heterocycles. The van der Waals surface area contributed by atoms with Crippen LogP contribution in [0.3, 0.4) is 0 Å². The molecule has 1 amide bonds. The Kier molecular flexibility index (Phi) is 7.00. The van der Waals surface area contributed by atoms with E-state index in [0.29, 0.717) is 23.4 Å². The number of carbonyl (C=O) groups is 2. The van der Waals surface area contributed by atoms with Crippen molar-refractivity contribution in [2.24, 2.45) is 0 Å². The van der Waals surface area contributed by atoms with Crippen molar-refractivity contribution in [3.05, 3.63) is 102 Å². The number of carbonyl (C=O) groups excluding carboxylic acids is 2. The summed E-state index contributed by atoms with van der Waals surface area (Å²) in [6.07, 6.45) is 0. The number of nitrogens with zero attached hydrogens (tertiary/aromatic N) is 1. The number of hydrogen-bond acceptors (Lipinski definition) is 4. The van der Waals surface area contributed by atoms with Gasteiger partial charge in [0.25, 0.3) is 5.91 Å². The number of benzene rings is 3. The highest BCUT2D eigenvalue weighted by Crippen LogP contribution is 2.15. The molecule has 3 aromatic rings. The number of esters is 1. The topological polar surface area (TPSA) is 55.8 Å². The van der Waals surface area contributed by atoms with E-state index in [1.54, 1.807) is 19.2 Å². The Morgan fingerprint density at radius 2 is 1.45 bits per heavy atom. The molecule has 0 saturated carbocycles. The summed E-state index contributed by atoms with van der Waals surface area (Å²) in [5, 5.41) is 0. The third kappa shape index (κ3) is 5.94. The molecule has 0 atom stereocenters. The lowest BCUT2D eigenvalue weighted by Crippen LogP contribution is -2.31. The van der Waals surface area contributed by atoms with Gasteiger partial charge in [0.1, 0.15) is 12.4 Å². The normalized spacial score (nSPS) is 10.2. The van der Waals surface area contributed by atoms with E-state index in [1.165, 1.54) is 4.90 Å². The van der Waals surface area contributed by atoms with Gasteiger partial charge in [-0.1, -0.05) is 66.7 Å². The van der Waals surface area contributed by atoms with E-state index in [-0.39, 0.29) is 19.1 Å². The Balaban J connectivity index is 1.55. The van der Waals surface area contributed by atoms with Crippen LogP contribution in [0.1, 0.15) is 21.5 Å². The minimum atomic E-state index is -0.543. The van der Waals surface area contributed by atoms with Gasteiger partial charge < -0.3 is 14.4 Å². The molecule has 3 rings (SSSR count). The van der Waals surface area contributed by atoms with Gasteiger partial charge in [-0.05, 0) is 23.8 Å². The van der Waals surface area contributed by atoms with Crippen molar-refractivity contribution < 1.29 is 19.1 Å². The molecule has 3 aromatic carbocycles. The fourth-order valence-corrected chi connectivity index (χ4v) is 2.78. The molecule has 0 aliphatic rings. The first kappa shape index (κ1) is 20.1. The van der Waals surface area contributed by atoms with E-state index >= 15 is 0 Å². The van der Waals surface area contributed by atoms with Crippen LogP contribution in [0.25, 0.3) is 0 Å². The predicted molar refractivity (Wildman–Crippen MR) is 110 cm³/mol. The van der Waals surface area contributed by atoms with Crippen LogP contribution >= 0.6 is 0 Å². The molecule has 0 spiro atoms. The maximum atomic E-state index is 12.5. The van der Waals surface area contributed by atoms with Crippen molar-refractivity contribution in [2.45, 2.75) is 13.2 Å². The largest absolute Gasteiger partial charge is 0.489 e. The first-order chi connectivity index (χ1) is 14.1. The number of likely N-dealkylation sites (N-methyl/N-ethyl adjacent to an activating group) is 1. The second-order valence-corrected chi connectivity index (χ2v) is 6.57. The number of para-hydroxylation sites is 1. The van der Waals surface area contributed by atoms with Gasteiger partial charge in [-0.3, -0.25) is 4.79 Å². The number of hydrogen-bond donors (Lipinski definition) is 0. The quantitative estimate of drug-likeness (QED) is 0.545. The molecular formula is C24H23NO4. The van der Waals surface area contributed by atoms with Crippen LogP contribution in [0, 0.1) is 0 Å².